The van der Waals surface area contributed by atoms with Gasteiger partial charge >= 0.3 is 0 Å². The fourth-order valence-corrected chi connectivity index (χ4v) is 3.65. The van der Waals surface area contributed by atoms with Crippen LogP contribution >= 0.6 is 0 Å². The summed E-state index contributed by atoms with van der Waals surface area (Å²) in [5, 5.41) is 0. The van der Waals surface area contributed by atoms with Gasteiger partial charge in [0.15, 0.2) is 0 Å². The minimum atomic E-state index is 0.475. The molecule has 0 aromatic carbocycles. The number of hydrogen-bond donors (Lipinski definition) is 0. The van der Waals surface area contributed by atoms with Crippen LogP contribution in [-0.2, 0) is 6.54 Å². The third-order valence-corrected chi connectivity index (χ3v) is 5.02. The average Bonchev–Trinajstić information content (AvgIpc) is 3.13. The van der Waals surface area contributed by atoms with Gasteiger partial charge in [0.05, 0.1) is 23.6 Å². The number of hydrogen-bond acceptors (Lipinski definition) is 5. The number of pyridine rings is 1. The van der Waals surface area contributed by atoms with E-state index in [2.05, 4.69) is 36.7 Å². The highest BCUT2D eigenvalue weighted by atomic mass is 15.2. The molecule has 0 unspecified atom stereocenters. The van der Waals surface area contributed by atoms with Crippen molar-refractivity contribution < 1.29 is 0 Å². The summed E-state index contributed by atoms with van der Waals surface area (Å²) in [6, 6.07) is 6.04. The third-order valence-electron chi connectivity index (χ3n) is 5.02. The zero-order valence-corrected chi connectivity index (χ0v) is 15.3. The van der Waals surface area contributed by atoms with Crippen LogP contribution in [0.5, 0.6) is 0 Å². The quantitative estimate of drug-likeness (QED) is 0.725. The van der Waals surface area contributed by atoms with Crippen LogP contribution < -0.4 is 4.90 Å². The van der Waals surface area contributed by atoms with Crippen LogP contribution in [0.2, 0.25) is 0 Å². The molecule has 26 heavy (non-hydrogen) atoms. The highest BCUT2D eigenvalue weighted by Gasteiger charge is 2.25. The van der Waals surface area contributed by atoms with Gasteiger partial charge in [-0.25, -0.2) is 9.97 Å². The Bertz CT molecular complexity index is 865. The van der Waals surface area contributed by atoms with E-state index in [4.69, 9.17) is 4.98 Å². The molecule has 1 saturated heterocycles. The smallest absolute Gasteiger partial charge is 0.150 e. The largest absolute Gasteiger partial charge is 0.355 e. The second kappa shape index (κ2) is 7.23. The second-order valence-corrected chi connectivity index (χ2v) is 6.92. The summed E-state index contributed by atoms with van der Waals surface area (Å²) in [5.74, 6) is 2.67. The van der Waals surface area contributed by atoms with Crippen molar-refractivity contribution in [1.29, 1.82) is 0 Å². The van der Waals surface area contributed by atoms with E-state index < -0.39 is 0 Å². The van der Waals surface area contributed by atoms with Crippen molar-refractivity contribution >= 4 is 5.82 Å². The predicted octanol–water partition coefficient (Wildman–Crippen LogP) is 3.12. The molecule has 3 aromatic heterocycles. The molecule has 0 atom stereocenters. The second-order valence-electron chi connectivity index (χ2n) is 6.92. The zero-order chi connectivity index (χ0) is 17.9. The van der Waals surface area contributed by atoms with Gasteiger partial charge in [0, 0.05) is 43.8 Å². The Balaban J connectivity index is 1.46. The molecule has 6 nitrogen and oxygen atoms in total. The van der Waals surface area contributed by atoms with E-state index in [0.717, 1.165) is 55.4 Å². The van der Waals surface area contributed by atoms with Crippen molar-refractivity contribution in [2.24, 2.45) is 0 Å². The first-order valence-electron chi connectivity index (χ1n) is 9.17. The molecular weight excluding hydrogens is 324 g/mol. The maximum absolute atomic E-state index is 4.69. The number of piperidine rings is 1. The highest BCUT2D eigenvalue weighted by molar-refractivity contribution is 5.43. The number of aromatic nitrogens is 5. The summed E-state index contributed by atoms with van der Waals surface area (Å²) in [7, 11) is 0. The predicted molar refractivity (Wildman–Crippen MR) is 101 cm³/mol. The summed E-state index contributed by atoms with van der Waals surface area (Å²) in [5.41, 5.74) is 3.04. The number of imidazole rings is 1. The first kappa shape index (κ1) is 16.7. The van der Waals surface area contributed by atoms with E-state index in [1.807, 2.05) is 44.6 Å². The van der Waals surface area contributed by atoms with Gasteiger partial charge in [0.2, 0.25) is 0 Å². The molecule has 0 N–H and O–H groups in total. The van der Waals surface area contributed by atoms with E-state index in [9.17, 15) is 0 Å². The Morgan fingerprint density at radius 1 is 1.04 bits per heavy atom. The number of nitrogens with zero attached hydrogens (tertiary/aromatic N) is 6. The molecular formula is C20H24N6. The Kier molecular flexibility index (Phi) is 4.65. The first-order valence-corrected chi connectivity index (χ1v) is 9.17. The molecule has 1 aliphatic heterocycles. The van der Waals surface area contributed by atoms with Crippen LogP contribution in [0.4, 0.5) is 5.82 Å². The van der Waals surface area contributed by atoms with Gasteiger partial charge in [-0.05, 0) is 38.8 Å². The van der Waals surface area contributed by atoms with Gasteiger partial charge in [-0.15, -0.1) is 0 Å². The average molecular weight is 348 g/mol. The van der Waals surface area contributed by atoms with Crippen molar-refractivity contribution in [2.45, 2.75) is 39.2 Å². The van der Waals surface area contributed by atoms with Crippen LogP contribution in [0.1, 0.15) is 41.7 Å². The summed E-state index contributed by atoms with van der Waals surface area (Å²) >= 11 is 0. The fraction of sp³-hybridized carbons (Fsp3) is 0.400. The molecule has 0 radical (unpaired) electrons. The van der Waals surface area contributed by atoms with Gasteiger partial charge in [-0.3, -0.25) is 9.97 Å². The van der Waals surface area contributed by atoms with Crippen LogP contribution in [0, 0.1) is 13.8 Å². The maximum atomic E-state index is 4.69. The molecule has 0 aliphatic carbocycles. The van der Waals surface area contributed by atoms with E-state index >= 15 is 0 Å². The maximum Gasteiger partial charge on any atom is 0.150 e. The molecule has 0 spiro atoms. The van der Waals surface area contributed by atoms with Crippen molar-refractivity contribution in [1.82, 2.24) is 24.5 Å². The lowest BCUT2D eigenvalue weighted by Gasteiger charge is -2.33. The summed E-state index contributed by atoms with van der Waals surface area (Å²) in [6.45, 7) is 6.78. The topological polar surface area (TPSA) is 59.7 Å². The van der Waals surface area contributed by atoms with E-state index in [1.165, 1.54) is 5.82 Å². The normalized spacial score (nSPS) is 15.4. The Labute approximate surface area is 154 Å². The van der Waals surface area contributed by atoms with Gasteiger partial charge in [0.1, 0.15) is 11.6 Å². The van der Waals surface area contributed by atoms with Crippen LogP contribution in [0.25, 0.3) is 0 Å². The molecule has 134 valence electrons. The minimum Gasteiger partial charge on any atom is -0.355 e. The molecule has 3 aromatic rings. The zero-order valence-electron chi connectivity index (χ0n) is 15.3. The SMILES string of the molecule is Cc1cnc(C)c(N2CCC(c3nccn3Cc3ccccn3)CC2)n1. The van der Waals surface area contributed by atoms with Gasteiger partial charge in [0.25, 0.3) is 0 Å². The molecule has 4 heterocycles. The van der Waals surface area contributed by atoms with E-state index in [-0.39, 0.29) is 0 Å². The van der Waals surface area contributed by atoms with E-state index in [0.29, 0.717) is 5.92 Å². The highest BCUT2D eigenvalue weighted by Crippen LogP contribution is 2.30. The molecule has 1 fully saturated rings. The van der Waals surface area contributed by atoms with E-state index in [1.54, 1.807) is 0 Å². The number of rotatable bonds is 4. The van der Waals surface area contributed by atoms with Crippen molar-refractivity contribution in [3.05, 3.63) is 65.9 Å². The van der Waals surface area contributed by atoms with Crippen molar-refractivity contribution in [3.8, 4) is 0 Å². The molecule has 4 rings (SSSR count). The molecule has 1 aliphatic rings. The number of aryl methyl sites for hydroxylation is 2. The lowest BCUT2D eigenvalue weighted by atomic mass is 9.95. The van der Waals surface area contributed by atoms with Gasteiger partial charge < -0.3 is 9.47 Å². The van der Waals surface area contributed by atoms with Crippen molar-refractivity contribution in [2.75, 3.05) is 18.0 Å². The van der Waals surface area contributed by atoms with Crippen LogP contribution in [-0.4, -0.2) is 37.6 Å². The standard InChI is InChI=1S/C20H24N6/c1-15-13-23-16(2)19(24-15)25-10-6-17(7-11-25)20-22-9-12-26(20)14-18-5-3-4-8-21-18/h3-5,8-9,12-13,17H,6-7,10-11,14H2,1-2H3. The Hall–Kier alpha value is -2.76. The first-order chi connectivity index (χ1) is 12.7. The molecule has 0 bridgehead atoms. The monoisotopic (exact) mass is 348 g/mol. The lowest BCUT2D eigenvalue weighted by Crippen LogP contribution is -2.35. The Morgan fingerprint density at radius 3 is 2.65 bits per heavy atom. The molecule has 6 heteroatoms. The Morgan fingerprint density at radius 2 is 1.88 bits per heavy atom. The minimum absolute atomic E-state index is 0.475. The van der Waals surface area contributed by atoms with Gasteiger partial charge in [-0.1, -0.05) is 6.07 Å². The number of anilines is 1. The molecule has 0 saturated carbocycles. The fourth-order valence-electron chi connectivity index (χ4n) is 3.65. The summed E-state index contributed by atoms with van der Waals surface area (Å²) in [6.07, 6.45) is 9.80. The van der Waals surface area contributed by atoms with Crippen LogP contribution in [0.3, 0.4) is 0 Å². The summed E-state index contributed by atoms with van der Waals surface area (Å²) < 4.78 is 2.24. The summed E-state index contributed by atoms with van der Waals surface area (Å²) in [4.78, 5) is 20.6. The van der Waals surface area contributed by atoms with Crippen LogP contribution in [0.15, 0.2) is 43.0 Å². The molecule has 0 amide bonds. The lowest BCUT2D eigenvalue weighted by molar-refractivity contribution is 0.467. The van der Waals surface area contributed by atoms with Crippen molar-refractivity contribution in [3.63, 3.8) is 0 Å². The third kappa shape index (κ3) is 3.45. The van der Waals surface area contributed by atoms with Gasteiger partial charge in [-0.2, -0.15) is 0 Å².